The molecule has 3 N–H and O–H groups in total. The maximum Gasteiger partial charge on any atom is 0.260 e. The van der Waals surface area contributed by atoms with Crippen molar-refractivity contribution < 1.29 is 9.21 Å². The summed E-state index contributed by atoms with van der Waals surface area (Å²) in [4.78, 5) is 11.9. The molecule has 0 spiro atoms. The number of carbonyl (C=O) groups excluding carboxylic acids is 1. The van der Waals surface area contributed by atoms with Crippen molar-refractivity contribution in [2.75, 3.05) is 11.1 Å². The Hall–Kier alpha value is -2.26. The summed E-state index contributed by atoms with van der Waals surface area (Å²) in [6.45, 7) is 0. The van der Waals surface area contributed by atoms with E-state index in [4.69, 9.17) is 15.4 Å². The third-order valence-electron chi connectivity index (χ3n) is 2.29. The van der Waals surface area contributed by atoms with E-state index in [2.05, 4.69) is 21.2 Å². The van der Waals surface area contributed by atoms with Crippen molar-refractivity contribution in [3.05, 3.63) is 46.3 Å². The number of nitrogens with zero attached hydrogens (tertiary/aromatic N) is 1. The van der Waals surface area contributed by atoms with Crippen LogP contribution in [0.3, 0.4) is 0 Å². The van der Waals surface area contributed by atoms with Crippen LogP contribution in [0.5, 0.6) is 0 Å². The van der Waals surface area contributed by atoms with Crippen LogP contribution in [0.1, 0.15) is 15.9 Å². The number of rotatable bonds is 2. The topological polar surface area (TPSA) is 92.0 Å². The van der Waals surface area contributed by atoms with E-state index in [9.17, 15) is 4.79 Å². The number of nitrogens with one attached hydrogen (secondary N) is 1. The quantitative estimate of drug-likeness (QED) is 0.834. The molecule has 2 aromatic rings. The van der Waals surface area contributed by atoms with Crippen LogP contribution in [-0.4, -0.2) is 5.91 Å². The van der Waals surface area contributed by atoms with Crippen LogP contribution in [-0.2, 0) is 0 Å². The molecule has 18 heavy (non-hydrogen) atoms. The third-order valence-corrected chi connectivity index (χ3v) is 2.91. The standard InChI is InChI=1S/C12H8BrN3O2/c13-11-8(3-4-18-11)12(17)16-10-2-1-7(6-14)5-9(10)15/h1-5H,15H2,(H,16,17). The predicted octanol–water partition coefficient (Wildman–Crippen LogP) is 2.75. The molecule has 90 valence electrons. The van der Waals surface area contributed by atoms with Gasteiger partial charge < -0.3 is 15.5 Å². The minimum absolute atomic E-state index is 0.335. The van der Waals surface area contributed by atoms with Crippen molar-refractivity contribution in [1.29, 1.82) is 5.26 Å². The van der Waals surface area contributed by atoms with E-state index in [1.807, 2.05) is 6.07 Å². The number of anilines is 2. The first-order valence-electron chi connectivity index (χ1n) is 4.96. The lowest BCUT2D eigenvalue weighted by atomic mass is 10.2. The zero-order valence-corrected chi connectivity index (χ0v) is 10.7. The van der Waals surface area contributed by atoms with E-state index in [0.717, 1.165) is 0 Å². The summed E-state index contributed by atoms with van der Waals surface area (Å²) in [5.41, 5.74) is 7.34. The molecule has 0 aliphatic carbocycles. The third kappa shape index (κ3) is 2.36. The van der Waals surface area contributed by atoms with Crippen LogP contribution in [0.25, 0.3) is 0 Å². The largest absolute Gasteiger partial charge is 0.457 e. The zero-order chi connectivity index (χ0) is 13.1. The lowest BCUT2D eigenvalue weighted by Crippen LogP contribution is -2.12. The SMILES string of the molecule is N#Cc1ccc(NC(=O)c2ccoc2Br)c(N)c1. The second-order valence-corrected chi connectivity index (χ2v) is 4.20. The van der Waals surface area contributed by atoms with Crippen molar-refractivity contribution in [2.45, 2.75) is 0 Å². The molecule has 1 aromatic heterocycles. The van der Waals surface area contributed by atoms with Gasteiger partial charge in [-0.05, 0) is 40.2 Å². The van der Waals surface area contributed by atoms with Crippen LogP contribution in [0.4, 0.5) is 11.4 Å². The monoisotopic (exact) mass is 305 g/mol. The van der Waals surface area contributed by atoms with Gasteiger partial charge in [0.1, 0.15) is 0 Å². The van der Waals surface area contributed by atoms with Crippen molar-refractivity contribution >= 4 is 33.2 Å². The number of nitrogens with two attached hydrogens (primary N) is 1. The van der Waals surface area contributed by atoms with E-state index in [-0.39, 0.29) is 5.91 Å². The smallest absolute Gasteiger partial charge is 0.260 e. The number of hydrogen-bond donors (Lipinski definition) is 2. The summed E-state index contributed by atoms with van der Waals surface area (Å²) in [5, 5.41) is 11.4. The molecule has 0 fully saturated rings. The van der Waals surface area contributed by atoms with Crippen molar-refractivity contribution in [1.82, 2.24) is 0 Å². The average molecular weight is 306 g/mol. The second-order valence-electron chi connectivity index (χ2n) is 3.48. The molecule has 0 bridgehead atoms. The summed E-state index contributed by atoms with van der Waals surface area (Å²) < 4.78 is 5.33. The number of hydrogen-bond acceptors (Lipinski definition) is 4. The van der Waals surface area contributed by atoms with E-state index < -0.39 is 0 Å². The molecular weight excluding hydrogens is 298 g/mol. The number of carbonyl (C=O) groups is 1. The minimum atomic E-state index is -0.341. The summed E-state index contributed by atoms with van der Waals surface area (Å²) in [5.74, 6) is -0.341. The fraction of sp³-hybridized carbons (Fsp3) is 0. The summed E-state index contributed by atoms with van der Waals surface area (Å²) in [6, 6.07) is 8.17. The highest BCUT2D eigenvalue weighted by Gasteiger charge is 2.13. The Morgan fingerprint density at radius 1 is 1.44 bits per heavy atom. The number of nitriles is 1. The first-order valence-corrected chi connectivity index (χ1v) is 5.75. The molecule has 2 rings (SSSR count). The number of nitrogen functional groups attached to an aromatic ring is 1. The van der Waals surface area contributed by atoms with Gasteiger partial charge in [-0.25, -0.2) is 0 Å². The molecule has 0 saturated heterocycles. The Balaban J connectivity index is 2.23. The Kier molecular flexibility index (Phi) is 3.35. The van der Waals surface area contributed by atoms with Gasteiger partial charge in [-0.15, -0.1) is 0 Å². The first-order chi connectivity index (χ1) is 8.61. The highest BCUT2D eigenvalue weighted by atomic mass is 79.9. The number of halogens is 1. The highest BCUT2D eigenvalue weighted by Crippen LogP contribution is 2.23. The van der Waals surface area contributed by atoms with E-state index in [1.54, 1.807) is 18.2 Å². The van der Waals surface area contributed by atoms with E-state index in [1.165, 1.54) is 12.3 Å². The van der Waals surface area contributed by atoms with Crippen LogP contribution in [0, 0.1) is 11.3 Å². The number of furan rings is 1. The molecule has 5 nitrogen and oxygen atoms in total. The van der Waals surface area contributed by atoms with Crippen LogP contribution in [0.15, 0.2) is 39.6 Å². The van der Waals surface area contributed by atoms with Gasteiger partial charge >= 0.3 is 0 Å². The fourth-order valence-electron chi connectivity index (χ4n) is 1.39. The summed E-state index contributed by atoms with van der Waals surface area (Å²) in [7, 11) is 0. The van der Waals surface area contributed by atoms with E-state index >= 15 is 0 Å². The Morgan fingerprint density at radius 3 is 2.78 bits per heavy atom. The zero-order valence-electron chi connectivity index (χ0n) is 9.11. The first kappa shape index (κ1) is 12.2. The maximum absolute atomic E-state index is 11.9. The molecule has 1 amide bonds. The molecular formula is C12H8BrN3O2. The average Bonchev–Trinajstić information content (AvgIpc) is 2.78. The molecule has 0 unspecified atom stereocenters. The second kappa shape index (κ2) is 4.94. The molecule has 0 saturated carbocycles. The molecule has 0 atom stereocenters. The molecule has 0 radical (unpaired) electrons. The molecule has 6 heteroatoms. The molecule has 1 heterocycles. The number of benzene rings is 1. The highest BCUT2D eigenvalue weighted by molar-refractivity contribution is 9.10. The van der Waals surface area contributed by atoms with Gasteiger partial charge in [-0.1, -0.05) is 0 Å². The fourth-order valence-corrected chi connectivity index (χ4v) is 1.81. The summed E-state index contributed by atoms with van der Waals surface area (Å²) >= 11 is 3.12. The molecule has 1 aromatic carbocycles. The summed E-state index contributed by atoms with van der Waals surface area (Å²) in [6.07, 6.45) is 1.40. The predicted molar refractivity (Wildman–Crippen MR) is 69.9 cm³/mol. The van der Waals surface area contributed by atoms with E-state index in [0.29, 0.717) is 27.2 Å². The van der Waals surface area contributed by atoms with Gasteiger partial charge in [-0.2, -0.15) is 5.26 Å². The molecule has 0 aliphatic rings. The van der Waals surface area contributed by atoms with Crippen molar-refractivity contribution in [3.8, 4) is 6.07 Å². The van der Waals surface area contributed by atoms with Gasteiger partial charge in [-0.3, -0.25) is 4.79 Å². The van der Waals surface area contributed by atoms with Crippen molar-refractivity contribution in [2.24, 2.45) is 0 Å². The maximum atomic E-state index is 11.9. The van der Waals surface area contributed by atoms with Crippen LogP contribution in [0.2, 0.25) is 0 Å². The minimum Gasteiger partial charge on any atom is -0.457 e. The Bertz CT molecular complexity index is 643. The normalized spacial score (nSPS) is 9.78. The van der Waals surface area contributed by atoms with Gasteiger partial charge in [0.2, 0.25) is 0 Å². The lowest BCUT2D eigenvalue weighted by Gasteiger charge is -2.07. The van der Waals surface area contributed by atoms with Gasteiger partial charge in [0.15, 0.2) is 4.67 Å². The van der Waals surface area contributed by atoms with Gasteiger partial charge in [0, 0.05) is 0 Å². The van der Waals surface area contributed by atoms with Crippen LogP contribution >= 0.6 is 15.9 Å². The Morgan fingerprint density at radius 2 is 2.22 bits per heavy atom. The van der Waals surface area contributed by atoms with Gasteiger partial charge in [0.05, 0.1) is 34.8 Å². The molecule has 0 aliphatic heterocycles. The number of amides is 1. The van der Waals surface area contributed by atoms with Crippen LogP contribution < -0.4 is 11.1 Å². The van der Waals surface area contributed by atoms with Gasteiger partial charge in [0.25, 0.3) is 5.91 Å². The lowest BCUT2D eigenvalue weighted by molar-refractivity contribution is 0.102. The van der Waals surface area contributed by atoms with Crippen molar-refractivity contribution in [3.63, 3.8) is 0 Å². The Labute approximate surface area is 111 Å².